The van der Waals surface area contributed by atoms with Crippen LogP contribution in [0.4, 0.5) is 0 Å². The Morgan fingerprint density at radius 2 is 1.77 bits per heavy atom. The number of likely N-dealkylation sites (tertiary alicyclic amines) is 1. The molecule has 4 rings (SSSR count). The molecule has 1 fully saturated rings. The molecule has 2 aromatic carbocycles. The Morgan fingerprint density at radius 3 is 2.50 bits per heavy atom. The lowest BCUT2D eigenvalue weighted by Gasteiger charge is -2.32. The summed E-state index contributed by atoms with van der Waals surface area (Å²) in [5.41, 5.74) is 3.95. The van der Waals surface area contributed by atoms with E-state index in [0.29, 0.717) is 17.4 Å². The van der Waals surface area contributed by atoms with Crippen molar-refractivity contribution in [3.63, 3.8) is 0 Å². The lowest BCUT2D eigenvalue weighted by Crippen LogP contribution is -2.38. The average molecular weight is 437 g/mol. The summed E-state index contributed by atoms with van der Waals surface area (Å²) in [4.78, 5) is 20.7. The van der Waals surface area contributed by atoms with Gasteiger partial charge in [0.05, 0.1) is 10.7 Å². The Bertz CT molecular complexity index is 996. The molecule has 0 bridgehead atoms. The van der Waals surface area contributed by atoms with Gasteiger partial charge in [0.2, 0.25) is 0 Å². The number of piperidine rings is 1. The first kappa shape index (κ1) is 21.0. The van der Waals surface area contributed by atoms with E-state index in [1.54, 1.807) is 11.8 Å². The SMILES string of the molecule is Cc1cccc(Cl)c1SCc1cccc(C(=O)N2CCC(c3ccccc3)CC2)n1. The van der Waals surface area contributed by atoms with E-state index in [0.717, 1.165) is 47.1 Å². The summed E-state index contributed by atoms with van der Waals surface area (Å²) >= 11 is 7.99. The minimum Gasteiger partial charge on any atom is -0.337 e. The van der Waals surface area contributed by atoms with Gasteiger partial charge >= 0.3 is 0 Å². The van der Waals surface area contributed by atoms with E-state index in [1.807, 2.05) is 41.3 Å². The molecule has 5 heteroatoms. The quantitative estimate of drug-likeness (QED) is 0.436. The molecule has 1 saturated heterocycles. The van der Waals surface area contributed by atoms with E-state index in [-0.39, 0.29) is 5.91 Å². The molecule has 3 nitrogen and oxygen atoms in total. The number of rotatable bonds is 5. The molecule has 0 unspecified atom stereocenters. The maximum Gasteiger partial charge on any atom is 0.272 e. The number of amides is 1. The van der Waals surface area contributed by atoms with E-state index in [1.165, 1.54) is 5.56 Å². The topological polar surface area (TPSA) is 33.2 Å². The van der Waals surface area contributed by atoms with E-state index in [9.17, 15) is 4.79 Å². The third-order valence-electron chi connectivity index (χ3n) is 5.61. The first-order valence-electron chi connectivity index (χ1n) is 10.3. The number of pyridine rings is 1. The predicted octanol–water partition coefficient (Wildman–Crippen LogP) is 6.36. The molecule has 0 atom stereocenters. The van der Waals surface area contributed by atoms with Gasteiger partial charge in [0.1, 0.15) is 5.69 Å². The van der Waals surface area contributed by atoms with Crippen molar-refractivity contribution in [3.8, 4) is 0 Å². The van der Waals surface area contributed by atoms with Gasteiger partial charge in [-0.25, -0.2) is 4.98 Å². The van der Waals surface area contributed by atoms with E-state index in [2.05, 4.69) is 42.2 Å². The number of aromatic nitrogens is 1. The zero-order valence-corrected chi connectivity index (χ0v) is 18.6. The van der Waals surface area contributed by atoms with Crippen molar-refractivity contribution < 1.29 is 4.79 Å². The second-order valence-corrected chi connectivity index (χ2v) is 9.06. The fourth-order valence-electron chi connectivity index (χ4n) is 3.93. The smallest absolute Gasteiger partial charge is 0.272 e. The minimum absolute atomic E-state index is 0.0299. The molecular formula is C25H25ClN2OS. The first-order valence-corrected chi connectivity index (χ1v) is 11.7. The summed E-state index contributed by atoms with van der Waals surface area (Å²) in [6, 6.07) is 22.2. The second-order valence-electron chi connectivity index (χ2n) is 7.67. The van der Waals surface area contributed by atoms with Crippen molar-refractivity contribution in [1.82, 2.24) is 9.88 Å². The molecule has 1 aliphatic heterocycles. The largest absolute Gasteiger partial charge is 0.337 e. The Morgan fingerprint density at radius 1 is 1.03 bits per heavy atom. The number of hydrogen-bond acceptors (Lipinski definition) is 3. The van der Waals surface area contributed by atoms with Crippen molar-refractivity contribution in [2.45, 2.75) is 36.3 Å². The molecule has 3 aromatic rings. The first-order chi connectivity index (χ1) is 14.6. The van der Waals surface area contributed by atoms with Crippen molar-refractivity contribution in [3.05, 3.63) is 94.3 Å². The van der Waals surface area contributed by atoms with Crippen LogP contribution in [0.1, 0.15) is 46.1 Å². The van der Waals surface area contributed by atoms with Gasteiger partial charge in [-0.3, -0.25) is 4.79 Å². The monoisotopic (exact) mass is 436 g/mol. The second kappa shape index (κ2) is 9.67. The van der Waals surface area contributed by atoms with Crippen LogP contribution in [0.2, 0.25) is 5.02 Å². The molecule has 1 aliphatic rings. The molecule has 154 valence electrons. The Labute approximate surface area is 187 Å². The highest BCUT2D eigenvalue weighted by atomic mass is 35.5. The van der Waals surface area contributed by atoms with Crippen LogP contribution in [-0.4, -0.2) is 28.9 Å². The van der Waals surface area contributed by atoms with Crippen LogP contribution in [0.25, 0.3) is 0 Å². The third-order valence-corrected chi connectivity index (χ3v) is 7.30. The van der Waals surface area contributed by atoms with Crippen LogP contribution in [0.15, 0.2) is 71.6 Å². The highest BCUT2D eigenvalue weighted by Crippen LogP contribution is 2.32. The molecule has 1 aromatic heterocycles. The Kier molecular flexibility index (Phi) is 6.76. The number of carbonyl (C=O) groups excluding carboxylic acids is 1. The summed E-state index contributed by atoms with van der Waals surface area (Å²) in [6.07, 6.45) is 1.99. The summed E-state index contributed by atoms with van der Waals surface area (Å²) in [5, 5.41) is 0.758. The van der Waals surface area contributed by atoms with Gasteiger partial charge in [-0.2, -0.15) is 0 Å². The summed E-state index contributed by atoms with van der Waals surface area (Å²) < 4.78 is 0. The van der Waals surface area contributed by atoms with Gasteiger partial charge in [-0.15, -0.1) is 11.8 Å². The van der Waals surface area contributed by atoms with E-state index < -0.39 is 0 Å². The third kappa shape index (κ3) is 4.88. The van der Waals surface area contributed by atoms with Crippen molar-refractivity contribution >= 4 is 29.3 Å². The van der Waals surface area contributed by atoms with Gasteiger partial charge in [-0.1, -0.05) is 60.1 Å². The Balaban J connectivity index is 1.38. The van der Waals surface area contributed by atoms with Gasteiger partial charge in [0.25, 0.3) is 5.91 Å². The lowest BCUT2D eigenvalue weighted by molar-refractivity contribution is 0.0707. The molecule has 2 heterocycles. The summed E-state index contributed by atoms with van der Waals surface area (Å²) in [7, 11) is 0. The van der Waals surface area contributed by atoms with Crippen molar-refractivity contribution in [2.24, 2.45) is 0 Å². The number of halogens is 1. The molecule has 0 aliphatic carbocycles. The van der Waals surface area contributed by atoms with Crippen LogP contribution in [0, 0.1) is 6.92 Å². The number of aryl methyl sites for hydroxylation is 1. The highest BCUT2D eigenvalue weighted by Gasteiger charge is 2.25. The summed E-state index contributed by atoms with van der Waals surface area (Å²) in [6.45, 7) is 3.61. The van der Waals surface area contributed by atoms with Crippen LogP contribution < -0.4 is 0 Å². The maximum absolute atomic E-state index is 13.0. The molecule has 0 radical (unpaired) electrons. The van der Waals surface area contributed by atoms with Crippen molar-refractivity contribution in [1.29, 1.82) is 0 Å². The average Bonchev–Trinajstić information content (AvgIpc) is 2.79. The standard InChI is InChI=1S/C25H25ClN2OS/c1-18-7-5-11-22(26)24(18)30-17-21-10-6-12-23(27-21)25(29)28-15-13-20(14-16-28)19-8-3-2-4-9-19/h2-12,20H,13-17H2,1H3. The lowest BCUT2D eigenvalue weighted by atomic mass is 9.89. The van der Waals surface area contributed by atoms with Crippen LogP contribution in [0.5, 0.6) is 0 Å². The normalized spacial score (nSPS) is 14.7. The fraction of sp³-hybridized carbons (Fsp3) is 0.280. The number of benzene rings is 2. The molecular weight excluding hydrogens is 412 g/mol. The van der Waals surface area contributed by atoms with Gasteiger partial charge < -0.3 is 4.90 Å². The van der Waals surface area contributed by atoms with Gasteiger partial charge in [0, 0.05) is 23.7 Å². The number of carbonyl (C=O) groups is 1. The predicted molar refractivity (Wildman–Crippen MR) is 124 cm³/mol. The zero-order chi connectivity index (χ0) is 20.9. The fourth-order valence-corrected chi connectivity index (χ4v) is 5.27. The van der Waals surface area contributed by atoms with Crippen LogP contribution in [0.3, 0.4) is 0 Å². The number of hydrogen-bond donors (Lipinski definition) is 0. The van der Waals surface area contributed by atoms with Gasteiger partial charge in [-0.05, 0) is 55.0 Å². The molecule has 0 saturated carbocycles. The molecule has 1 amide bonds. The molecule has 30 heavy (non-hydrogen) atoms. The number of thioether (sulfide) groups is 1. The van der Waals surface area contributed by atoms with Crippen molar-refractivity contribution in [2.75, 3.05) is 13.1 Å². The Hall–Kier alpha value is -2.30. The van der Waals surface area contributed by atoms with Gasteiger partial charge in [0.15, 0.2) is 0 Å². The maximum atomic E-state index is 13.0. The van der Waals surface area contributed by atoms with Crippen LogP contribution >= 0.6 is 23.4 Å². The van der Waals surface area contributed by atoms with E-state index in [4.69, 9.17) is 11.6 Å². The molecule has 0 N–H and O–H groups in total. The minimum atomic E-state index is 0.0299. The molecule has 0 spiro atoms. The highest BCUT2D eigenvalue weighted by molar-refractivity contribution is 7.98. The summed E-state index contributed by atoms with van der Waals surface area (Å²) in [5.74, 6) is 1.24. The number of nitrogens with zero attached hydrogens (tertiary/aromatic N) is 2. The van der Waals surface area contributed by atoms with E-state index >= 15 is 0 Å². The van der Waals surface area contributed by atoms with Crippen LogP contribution in [-0.2, 0) is 5.75 Å². The zero-order valence-electron chi connectivity index (χ0n) is 17.1.